The summed E-state index contributed by atoms with van der Waals surface area (Å²) >= 11 is 3.13. The first-order chi connectivity index (χ1) is 7.66. The third-order valence-electron chi connectivity index (χ3n) is 2.03. The van der Waals surface area contributed by atoms with Gasteiger partial charge in [-0.3, -0.25) is 5.41 Å². The minimum Gasteiger partial charge on any atom is -0.384 e. The predicted molar refractivity (Wildman–Crippen MR) is 68.4 cm³/mol. The first-order valence-corrected chi connectivity index (χ1v) is 6.39. The Morgan fingerprint density at radius 1 is 1.50 bits per heavy atom. The number of rotatable bonds is 3. The Bertz CT molecular complexity index is 506. The largest absolute Gasteiger partial charge is 0.384 e. The van der Waals surface area contributed by atoms with Gasteiger partial charge in [-0.05, 0) is 19.1 Å². The lowest BCUT2D eigenvalue weighted by molar-refractivity contribution is 1.24. The molecule has 0 radical (unpaired) electrons. The molecule has 0 aliphatic heterocycles. The van der Waals surface area contributed by atoms with Crippen LogP contribution in [0.4, 0.5) is 0 Å². The molecule has 1 aromatic carbocycles. The van der Waals surface area contributed by atoms with Crippen LogP contribution in [0.3, 0.4) is 0 Å². The van der Waals surface area contributed by atoms with Gasteiger partial charge in [0.05, 0.1) is 0 Å². The fourth-order valence-corrected chi connectivity index (χ4v) is 3.00. The molecular formula is C11H11N3S2. The van der Waals surface area contributed by atoms with E-state index in [4.69, 9.17) is 11.1 Å². The predicted octanol–water partition coefficient (Wildman–Crippen LogP) is 2.89. The van der Waals surface area contributed by atoms with E-state index in [0.29, 0.717) is 0 Å². The summed E-state index contributed by atoms with van der Waals surface area (Å²) in [4.78, 5) is 5.18. The van der Waals surface area contributed by atoms with Crippen LogP contribution in [0.25, 0.3) is 0 Å². The Morgan fingerprint density at radius 2 is 2.31 bits per heavy atom. The minimum absolute atomic E-state index is 0.0998. The first kappa shape index (κ1) is 11.2. The van der Waals surface area contributed by atoms with Gasteiger partial charge in [0.2, 0.25) is 0 Å². The maximum atomic E-state index is 7.55. The Kier molecular flexibility index (Phi) is 3.26. The molecule has 3 N–H and O–H groups in total. The minimum atomic E-state index is 0.0998. The van der Waals surface area contributed by atoms with Crippen molar-refractivity contribution in [3.8, 4) is 0 Å². The van der Waals surface area contributed by atoms with Gasteiger partial charge in [0.1, 0.15) is 5.84 Å². The second-order valence-corrected chi connectivity index (χ2v) is 5.50. The molecule has 0 aliphatic carbocycles. The fraction of sp³-hybridized carbons (Fsp3) is 0.0909. The zero-order valence-electron chi connectivity index (χ0n) is 8.73. The molecule has 0 unspecified atom stereocenters. The van der Waals surface area contributed by atoms with Crippen LogP contribution in [0.1, 0.15) is 11.1 Å². The summed E-state index contributed by atoms with van der Waals surface area (Å²) in [6.45, 7) is 1.99. The van der Waals surface area contributed by atoms with Crippen molar-refractivity contribution in [1.82, 2.24) is 4.98 Å². The Morgan fingerprint density at radius 3 is 2.94 bits per heavy atom. The van der Waals surface area contributed by atoms with Gasteiger partial charge in [-0.2, -0.15) is 0 Å². The molecule has 5 heteroatoms. The smallest absolute Gasteiger partial charge is 0.154 e. The Balaban J connectivity index is 2.36. The zero-order valence-corrected chi connectivity index (χ0v) is 10.4. The van der Waals surface area contributed by atoms with Crippen LogP contribution in [0.2, 0.25) is 0 Å². The van der Waals surface area contributed by atoms with Crippen molar-refractivity contribution >= 4 is 28.9 Å². The summed E-state index contributed by atoms with van der Waals surface area (Å²) < 4.78 is 0.964. The molecule has 3 nitrogen and oxygen atoms in total. The Labute approximate surface area is 102 Å². The monoisotopic (exact) mass is 249 g/mol. The molecule has 0 amide bonds. The number of thiazole rings is 1. The highest BCUT2D eigenvalue weighted by molar-refractivity contribution is 8.01. The van der Waals surface area contributed by atoms with E-state index < -0.39 is 0 Å². The number of amidine groups is 1. The molecule has 0 aliphatic rings. The second-order valence-electron chi connectivity index (χ2n) is 3.31. The van der Waals surface area contributed by atoms with Crippen molar-refractivity contribution < 1.29 is 0 Å². The molecule has 0 bridgehead atoms. The van der Waals surface area contributed by atoms with Crippen molar-refractivity contribution in [2.45, 2.75) is 16.2 Å². The molecule has 0 spiro atoms. The number of nitrogen functional groups attached to an aromatic ring is 1. The molecule has 2 aromatic rings. The van der Waals surface area contributed by atoms with Crippen LogP contribution in [-0.2, 0) is 0 Å². The normalized spacial score (nSPS) is 10.3. The quantitative estimate of drug-likeness (QED) is 0.649. The SMILES string of the molecule is Cc1ccc(Sc2nccs2)c(C(=N)N)c1. The molecule has 2 rings (SSSR count). The van der Waals surface area contributed by atoms with E-state index in [0.717, 1.165) is 20.4 Å². The van der Waals surface area contributed by atoms with Gasteiger partial charge in [0.15, 0.2) is 4.34 Å². The van der Waals surface area contributed by atoms with Gasteiger partial charge in [-0.1, -0.05) is 23.4 Å². The van der Waals surface area contributed by atoms with Gasteiger partial charge in [-0.15, -0.1) is 11.3 Å². The molecule has 16 heavy (non-hydrogen) atoms. The highest BCUT2D eigenvalue weighted by atomic mass is 32.2. The fourth-order valence-electron chi connectivity index (χ4n) is 1.30. The van der Waals surface area contributed by atoms with Crippen LogP contribution >= 0.6 is 23.1 Å². The number of hydrogen-bond acceptors (Lipinski definition) is 4. The number of aromatic nitrogens is 1. The van der Waals surface area contributed by atoms with Crippen LogP contribution < -0.4 is 5.73 Å². The highest BCUT2D eigenvalue weighted by Gasteiger charge is 2.08. The first-order valence-electron chi connectivity index (χ1n) is 4.69. The van der Waals surface area contributed by atoms with E-state index in [2.05, 4.69) is 4.98 Å². The van der Waals surface area contributed by atoms with Crippen LogP contribution in [0.15, 0.2) is 39.0 Å². The zero-order chi connectivity index (χ0) is 11.5. The maximum absolute atomic E-state index is 7.55. The second kappa shape index (κ2) is 4.67. The number of nitrogens with zero attached hydrogens (tertiary/aromatic N) is 1. The molecular weight excluding hydrogens is 238 g/mol. The lowest BCUT2D eigenvalue weighted by Crippen LogP contribution is -2.12. The van der Waals surface area contributed by atoms with Crippen LogP contribution in [0, 0.1) is 12.3 Å². The lowest BCUT2D eigenvalue weighted by atomic mass is 10.1. The molecule has 0 atom stereocenters. The maximum Gasteiger partial charge on any atom is 0.154 e. The molecule has 0 saturated heterocycles. The van der Waals surface area contributed by atoms with Crippen LogP contribution in [0.5, 0.6) is 0 Å². The molecule has 0 saturated carbocycles. The molecule has 1 aromatic heterocycles. The third kappa shape index (κ3) is 2.43. The Hall–Kier alpha value is -1.33. The van der Waals surface area contributed by atoms with Gasteiger partial charge in [0.25, 0.3) is 0 Å². The molecule has 82 valence electrons. The number of benzene rings is 1. The summed E-state index contributed by atoms with van der Waals surface area (Å²) in [6, 6.07) is 5.93. The average Bonchev–Trinajstić information content (AvgIpc) is 2.73. The van der Waals surface area contributed by atoms with Crippen molar-refractivity contribution in [1.29, 1.82) is 5.41 Å². The summed E-state index contributed by atoms with van der Waals surface area (Å²) in [5, 5.41) is 9.48. The van der Waals surface area contributed by atoms with E-state index in [1.54, 1.807) is 29.3 Å². The van der Waals surface area contributed by atoms with E-state index in [1.165, 1.54) is 0 Å². The van der Waals surface area contributed by atoms with E-state index in [9.17, 15) is 0 Å². The highest BCUT2D eigenvalue weighted by Crippen LogP contribution is 2.31. The van der Waals surface area contributed by atoms with Crippen LogP contribution in [-0.4, -0.2) is 10.8 Å². The van der Waals surface area contributed by atoms with Gasteiger partial charge in [-0.25, -0.2) is 4.98 Å². The topological polar surface area (TPSA) is 62.8 Å². The van der Waals surface area contributed by atoms with E-state index in [1.807, 2.05) is 30.5 Å². The van der Waals surface area contributed by atoms with Crippen molar-refractivity contribution in [2.24, 2.45) is 5.73 Å². The third-order valence-corrected chi connectivity index (χ3v) is 3.99. The average molecular weight is 249 g/mol. The number of nitrogens with one attached hydrogen (secondary N) is 1. The molecule has 0 fully saturated rings. The number of hydrogen-bond donors (Lipinski definition) is 2. The summed E-state index contributed by atoms with van der Waals surface area (Å²) in [5.74, 6) is 0.0998. The van der Waals surface area contributed by atoms with Crippen molar-refractivity contribution in [2.75, 3.05) is 0 Å². The van der Waals surface area contributed by atoms with Gasteiger partial charge >= 0.3 is 0 Å². The van der Waals surface area contributed by atoms with E-state index >= 15 is 0 Å². The van der Waals surface area contributed by atoms with Crippen molar-refractivity contribution in [3.63, 3.8) is 0 Å². The lowest BCUT2D eigenvalue weighted by Gasteiger charge is -2.07. The van der Waals surface area contributed by atoms with E-state index in [-0.39, 0.29) is 5.84 Å². The summed E-state index contributed by atoms with van der Waals surface area (Å²) in [5.41, 5.74) is 7.45. The van der Waals surface area contributed by atoms with Gasteiger partial charge in [0, 0.05) is 22.0 Å². The summed E-state index contributed by atoms with van der Waals surface area (Å²) in [6.07, 6.45) is 1.77. The van der Waals surface area contributed by atoms with Gasteiger partial charge < -0.3 is 5.73 Å². The summed E-state index contributed by atoms with van der Waals surface area (Å²) in [7, 11) is 0. The van der Waals surface area contributed by atoms with Crippen molar-refractivity contribution in [3.05, 3.63) is 40.9 Å². The molecule has 1 heterocycles. The number of nitrogens with two attached hydrogens (primary N) is 1. The number of aryl methyl sites for hydroxylation is 1. The standard InChI is InChI=1S/C11H11N3S2/c1-7-2-3-9(8(6-7)10(12)13)16-11-14-4-5-15-11/h2-6H,1H3,(H3,12,13).